The molecule has 0 aromatic rings. The smallest absolute Gasteiger partial charge is 0.237 e. The minimum atomic E-state index is -0.164. The van der Waals surface area contributed by atoms with Gasteiger partial charge in [0.05, 0.1) is 6.04 Å². The van der Waals surface area contributed by atoms with E-state index < -0.39 is 0 Å². The summed E-state index contributed by atoms with van der Waals surface area (Å²) in [4.78, 5) is 29.0. The van der Waals surface area contributed by atoms with Gasteiger partial charge in [0.2, 0.25) is 11.8 Å². The molecule has 2 aliphatic rings. The van der Waals surface area contributed by atoms with Crippen LogP contribution >= 0.6 is 0 Å². The first-order chi connectivity index (χ1) is 12.0. The van der Waals surface area contributed by atoms with E-state index in [1.165, 1.54) is 0 Å². The van der Waals surface area contributed by atoms with Gasteiger partial charge in [0.15, 0.2) is 0 Å². The molecule has 3 unspecified atom stereocenters. The third kappa shape index (κ3) is 5.94. The number of carbonyl (C=O) groups excluding carboxylic acids is 2. The maximum Gasteiger partial charge on any atom is 0.237 e. The molecule has 25 heavy (non-hydrogen) atoms. The van der Waals surface area contributed by atoms with Gasteiger partial charge >= 0.3 is 0 Å². The average molecular weight is 354 g/mol. The van der Waals surface area contributed by atoms with Gasteiger partial charge in [-0.3, -0.25) is 14.5 Å². The fourth-order valence-electron chi connectivity index (χ4n) is 3.78. The summed E-state index contributed by atoms with van der Waals surface area (Å²) in [5.74, 6) is 0.400. The van der Waals surface area contributed by atoms with Crippen molar-refractivity contribution in [3.63, 3.8) is 0 Å². The Balaban J connectivity index is 1.73. The van der Waals surface area contributed by atoms with Crippen LogP contribution in [-0.4, -0.2) is 80.1 Å². The van der Waals surface area contributed by atoms with Crippen LogP contribution in [0.3, 0.4) is 0 Å². The van der Waals surface area contributed by atoms with Gasteiger partial charge in [0.25, 0.3) is 0 Å². The molecule has 3 N–H and O–H groups in total. The van der Waals surface area contributed by atoms with Crippen molar-refractivity contribution >= 4 is 11.8 Å². The highest BCUT2D eigenvalue weighted by Gasteiger charge is 2.32. The number of nitrogens with two attached hydrogens (primary N) is 1. The fourth-order valence-corrected chi connectivity index (χ4v) is 3.78. The molecule has 0 aromatic heterocycles. The Bertz CT molecular complexity index is 438. The average Bonchev–Trinajstić information content (AvgIpc) is 2.64. The third-order valence-corrected chi connectivity index (χ3v) is 5.44. The summed E-state index contributed by atoms with van der Waals surface area (Å²) in [5.41, 5.74) is 6.02. The Hall–Kier alpha value is -1.18. The lowest BCUT2D eigenvalue weighted by Gasteiger charge is -2.39. The molecule has 0 radical (unpaired) electrons. The molecular weight excluding hydrogens is 320 g/mol. The summed E-state index contributed by atoms with van der Waals surface area (Å²) in [6.07, 6.45) is 4.69. The lowest BCUT2D eigenvalue weighted by Crippen LogP contribution is -2.56. The first kappa shape index (κ1) is 20.1. The molecular formula is C18H34N4O3. The molecule has 1 heterocycles. The number of nitrogens with zero attached hydrogens (tertiary/aromatic N) is 2. The van der Waals surface area contributed by atoms with E-state index in [4.69, 9.17) is 10.5 Å². The van der Waals surface area contributed by atoms with E-state index in [2.05, 4.69) is 10.2 Å². The van der Waals surface area contributed by atoms with Crippen molar-refractivity contribution in [1.29, 1.82) is 0 Å². The number of piperazine rings is 1. The summed E-state index contributed by atoms with van der Waals surface area (Å²) in [6, 6.07) is 0.00807. The van der Waals surface area contributed by atoms with E-state index in [0.717, 1.165) is 45.2 Å². The number of ether oxygens (including phenoxy) is 1. The number of amides is 2. The van der Waals surface area contributed by atoms with Crippen LogP contribution in [0.2, 0.25) is 0 Å². The highest BCUT2D eigenvalue weighted by Crippen LogP contribution is 2.25. The molecule has 1 aliphatic heterocycles. The van der Waals surface area contributed by atoms with Gasteiger partial charge in [-0.25, -0.2) is 0 Å². The zero-order valence-electron chi connectivity index (χ0n) is 15.7. The number of carbonyl (C=O) groups is 2. The molecule has 7 heteroatoms. The van der Waals surface area contributed by atoms with Crippen molar-refractivity contribution in [1.82, 2.24) is 15.1 Å². The van der Waals surface area contributed by atoms with Crippen LogP contribution in [0.1, 0.15) is 39.0 Å². The SMILES string of the molecule is COCCCNC(=O)C(C)N1CCN(C(=O)C2CCCC(N)C2)CC1. The second-order valence-corrected chi connectivity index (χ2v) is 7.30. The van der Waals surface area contributed by atoms with Gasteiger partial charge in [0.1, 0.15) is 0 Å². The van der Waals surface area contributed by atoms with Crippen LogP contribution in [0.4, 0.5) is 0 Å². The quantitative estimate of drug-likeness (QED) is 0.637. The number of nitrogens with one attached hydrogen (secondary N) is 1. The second kappa shape index (κ2) is 10.1. The standard InChI is InChI=1S/C18H34N4O3/c1-14(17(23)20-7-4-12-25-2)21-8-10-22(11-9-21)18(24)15-5-3-6-16(19)13-15/h14-16H,3-13,19H2,1-2H3,(H,20,23). The minimum absolute atomic E-state index is 0.0501. The summed E-state index contributed by atoms with van der Waals surface area (Å²) < 4.78 is 4.98. The minimum Gasteiger partial charge on any atom is -0.385 e. The maximum absolute atomic E-state index is 12.7. The molecule has 1 saturated heterocycles. The Morgan fingerprint density at radius 2 is 1.96 bits per heavy atom. The van der Waals surface area contributed by atoms with Crippen LogP contribution in [0, 0.1) is 5.92 Å². The number of hydrogen-bond donors (Lipinski definition) is 2. The normalized spacial score (nSPS) is 26.3. The highest BCUT2D eigenvalue weighted by molar-refractivity contribution is 5.81. The van der Waals surface area contributed by atoms with Crippen LogP contribution < -0.4 is 11.1 Å². The lowest BCUT2D eigenvalue weighted by atomic mass is 9.85. The molecule has 0 bridgehead atoms. The van der Waals surface area contributed by atoms with Crippen LogP contribution in [0.25, 0.3) is 0 Å². The van der Waals surface area contributed by atoms with Gasteiger partial charge in [-0.05, 0) is 32.6 Å². The van der Waals surface area contributed by atoms with E-state index in [1.807, 2.05) is 11.8 Å². The zero-order chi connectivity index (χ0) is 18.2. The monoisotopic (exact) mass is 354 g/mol. The van der Waals surface area contributed by atoms with Gasteiger partial charge in [-0.2, -0.15) is 0 Å². The maximum atomic E-state index is 12.7. The summed E-state index contributed by atoms with van der Waals surface area (Å²) in [5, 5.41) is 2.95. The Labute approximate surface area is 151 Å². The fraction of sp³-hybridized carbons (Fsp3) is 0.889. The first-order valence-corrected chi connectivity index (χ1v) is 9.58. The molecule has 2 amide bonds. The van der Waals surface area contributed by atoms with E-state index in [-0.39, 0.29) is 29.8 Å². The number of hydrogen-bond acceptors (Lipinski definition) is 5. The summed E-state index contributed by atoms with van der Waals surface area (Å²) in [7, 11) is 1.66. The topological polar surface area (TPSA) is 87.9 Å². The molecule has 7 nitrogen and oxygen atoms in total. The third-order valence-electron chi connectivity index (χ3n) is 5.44. The summed E-state index contributed by atoms with van der Waals surface area (Å²) >= 11 is 0. The van der Waals surface area contributed by atoms with E-state index >= 15 is 0 Å². The molecule has 144 valence electrons. The van der Waals surface area contributed by atoms with Crippen molar-refractivity contribution < 1.29 is 14.3 Å². The molecule has 0 aromatic carbocycles. The lowest BCUT2D eigenvalue weighted by molar-refractivity contribution is -0.139. The number of rotatable bonds is 7. The largest absolute Gasteiger partial charge is 0.385 e. The molecule has 1 aliphatic carbocycles. The predicted octanol–water partition coefficient (Wildman–Crippen LogP) is 0.189. The number of methoxy groups -OCH3 is 1. The van der Waals surface area contributed by atoms with Crippen molar-refractivity contribution in [3.8, 4) is 0 Å². The van der Waals surface area contributed by atoms with Crippen molar-refractivity contribution in [2.45, 2.75) is 51.1 Å². The van der Waals surface area contributed by atoms with Crippen LogP contribution in [0.15, 0.2) is 0 Å². The molecule has 2 fully saturated rings. The Kier molecular flexibility index (Phi) is 8.12. The molecule has 0 spiro atoms. The second-order valence-electron chi connectivity index (χ2n) is 7.30. The van der Waals surface area contributed by atoms with Crippen molar-refractivity contribution in [3.05, 3.63) is 0 Å². The van der Waals surface area contributed by atoms with Crippen molar-refractivity contribution in [2.24, 2.45) is 11.7 Å². The van der Waals surface area contributed by atoms with Gasteiger partial charge in [0, 0.05) is 58.4 Å². The van der Waals surface area contributed by atoms with Crippen molar-refractivity contribution in [2.75, 3.05) is 46.4 Å². The highest BCUT2D eigenvalue weighted by atomic mass is 16.5. The zero-order valence-corrected chi connectivity index (χ0v) is 15.7. The predicted molar refractivity (Wildman–Crippen MR) is 97.1 cm³/mol. The Morgan fingerprint density at radius 1 is 1.24 bits per heavy atom. The van der Waals surface area contributed by atoms with E-state index in [0.29, 0.717) is 26.2 Å². The van der Waals surface area contributed by atoms with Crippen LogP contribution in [0.5, 0.6) is 0 Å². The van der Waals surface area contributed by atoms with Gasteiger partial charge < -0.3 is 20.7 Å². The first-order valence-electron chi connectivity index (χ1n) is 9.58. The molecule has 1 saturated carbocycles. The summed E-state index contributed by atoms with van der Waals surface area (Å²) in [6.45, 7) is 6.12. The van der Waals surface area contributed by atoms with Gasteiger partial charge in [-0.15, -0.1) is 0 Å². The molecule has 2 rings (SSSR count). The van der Waals surface area contributed by atoms with E-state index in [1.54, 1.807) is 7.11 Å². The van der Waals surface area contributed by atoms with Gasteiger partial charge in [-0.1, -0.05) is 6.42 Å². The van der Waals surface area contributed by atoms with E-state index in [9.17, 15) is 9.59 Å². The van der Waals surface area contributed by atoms with Crippen LogP contribution in [-0.2, 0) is 14.3 Å². The Morgan fingerprint density at radius 3 is 2.60 bits per heavy atom. The molecule has 3 atom stereocenters.